The van der Waals surface area contributed by atoms with Crippen LogP contribution in [0.4, 0.5) is 32.0 Å². The van der Waals surface area contributed by atoms with Crippen LogP contribution in [0.15, 0.2) is 52.3 Å². The fraction of sp³-hybridized carbons (Fsp3) is 0.409. The van der Waals surface area contributed by atoms with Crippen LogP contribution in [0.25, 0.3) is 0 Å². The molecule has 2 aromatic rings. The summed E-state index contributed by atoms with van der Waals surface area (Å²) in [6.07, 6.45) is -10.9. The van der Waals surface area contributed by atoms with Crippen LogP contribution in [0.2, 0.25) is 0 Å². The fourth-order valence-electron chi connectivity index (χ4n) is 3.98. The van der Waals surface area contributed by atoms with Gasteiger partial charge in [0.2, 0.25) is 5.91 Å². The van der Waals surface area contributed by atoms with Crippen molar-refractivity contribution in [1.29, 1.82) is 0 Å². The van der Waals surface area contributed by atoms with Gasteiger partial charge in [-0.3, -0.25) is 4.79 Å². The summed E-state index contributed by atoms with van der Waals surface area (Å²) in [4.78, 5) is 15.9. The van der Waals surface area contributed by atoms with Gasteiger partial charge in [-0.05, 0) is 36.6 Å². The maximum absolute atomic E-state index is 13.4. The molecule has 1 unspecified atom stereocenters. The first kappa shape index (κ1) is 24.3. The molecule has 0 radical (unpaired) electrons. The predicted molar refractivity (Wildman–Crippen MR) is 115 cm³/mol. The number of alkyl halides is 6. The van der Waals surface area contributed by atoms with Crippen LogP contribution in [0, 0.1) is 0 Å². The van der Waals surface area contributed by atoms with E-state index in [1.807, 2.05) is 31.2 Å². The predicted octanol–water partition coefficient (Wildman–Crippen LogP) is 5.93. The molecule has 0 aromatic heterocycles. The third kappa shape index (κ3) is 4.12. The molecule has 0 saturated heterocycles. The molecule has 33 heavy (non-hydrogen) atoms. The lowest BCUT2D eigenvalue weighted by Gasteiger charge is -2.37. The smallest absolute Gasteiger partial charge is 0.369 e. The summed E-state index contributed by atoms with van der Waals surface area (Å²) in [5.41, 5.74) is -5.05. The summed E-state index contributed by atoms with van der Waals surface area (Å²) in [6, 6.07) is 9.94. The number of nitrogens with zero attached hydrogens (tertiary/aromatic N) is 1. The molecule has 4 rings (SSSR count). The van der Waals surface area contributed by atoms with Gasteiger partial charge in [-0.1, -0.05) is 31.2 Å². The van der Waals surface area contributed by atoms with E-state index in [0.717, 1.165) is 28.3 Å². The zero-order chi connectivity index (χ0) is 24.2. The van der Waals surface area contributed by atoms with Crippen LogP contribution >= 0.6 is 23.5 Å². The van der Waals surface area contributed by atoms with Gasteiger partial charge in [-0.25, -0.2) is 0 Å². The van der Waals surface area contributed by atoms with E-state index in [0.29, 0.717) is 31.5 Å². The molecule has 178 valence electrons. The number of fused-ring (bicyclic) bond motifs is 2. The number of carbonyl (C=O) groups is 1. The van der Waals surface area contributed by atoms with Crippen LogP contribution in [0.3, 0.4) is 0 Å². The number of anilines is 1. The van der Waals surface area contributed by atoms with Gasteiger partial charge >= 0.3 is 12.4 Å². The van der Waals surface area contributed by atoms with Gasteiger partial charge in [0.1, 0.15) is 0 Å². The van der Waals surface area contributed by atoms with E-state index in [4.69, 9.17) is 0 Å². The molecule has 2 atom stereocenters. The average molecular weight is 508 g/mol. The van der Waals surface area contributed by atoms with Gasteiger partial charge in [-0.2, -0.15) is 26.3 Å². The van der Waals surface area contributed by atoms with E-state index in [2.05, 4.69) is 0 Å². The van der Waals surface area contributed by atoms with Crippen molar-refractivity contribution in [1.82, 2.24) is 0 Å². The molecule has 2 aromatic carbocycles. The number of hydrogen-bond donors (Lipinski definition) is 1. The number of aliphatic hydroxyl groups is 1. The maximum atomic E-state index is 13.4. The molecule has 0 spiro atoms. The minimum atomic E-state index is -5.97. The lowest BCUT2D eigenvalue weighted by atomic mass is 9.92. The Hall–Kier alpha value is -1.85. The highest BCUT2D eigenvalue weighted by Crippen LogP contribution is 2.52. The van der Waals surface area contributed by atoms with E-state index in [1.54, 1.807) is 0 Å². The number of halogens is 6. The number of carbonyl (C=O) groups excluding carboxylic acids is 1. The van der Waals surface area contributed by atoms with Gasteiger partial charge < -0.3 is 10.0 Å². The summed E-state index contributed by atoms with van der Waals surface area (Å²) in [5.74, 6) is -0.245. The molecular formula is C22H19F6NO2S2. The van der Waals surface area contributed by atoms with Crippen molar-refractivity contribution in [2.75, 3.05) is 11.4 Å². The summed E-state index contributed by atoms with van der Waals surface area (Å²) in [6.45, 7) is 2.12. The Morgan fingerprint density at radius 1 is 1.03 bits per heavy atom. The molecule has 2 aliphatic rings. The van der Waals surface area contributed by atoms with Gasteiger partial charge in [0.05, 0.1) is 10.9 Å². The fourth-order valence-corrected chi connectivity index (χ4v) is 6.48. The topological polar surface area (TPSA) is 40.5 Å². The Kier molecular flexibility index (Phi) is 6.20. The molecule has 0 aliphatic carbocycles. The summed E-state index contributed by atoms with van der Waals surface area (Å²) in [7, 11) is 0. The summed E-state index contributed by atoms with van der Waals surface area (Å²) in [5, 5.41) is 9.14. The second-order valence-corrected chi connectivity index (χ2v) is 10.5. The SMILES string of the molecule is CC[C@H]1CN(C(=O)C2Cc3ccccc3S2)c2ccc(C(O)(C(F)(F)F)C(F)(F)F)cc2S1. The first-order valence-corrected chi connectivity index (χ1v) is 11.9. The second-order valence-electron chi connectivity index (χ2n) is 7.90. The molecule has 3 nitrogen and oxygen atoms in total. The third-order valence-electron chi connectivity index (χ3n) is 5.81. The average Bonchev–Trinajstić information content (AvgIpc) is 3.19. The van der Waals surface area contributed by atoms with Crippen LogP contribution in [0.1, 0.15) is 24.5 Å². The molecule has 11 heteroatoms. The molecule has 2 aliphatic heterocycles. The van der Waals surface area contributed by atoms with Crippen molar-refractivity contribution in [2.45, 2.75) is 58.0 Å². The van der Waals surface area contributed by atoms with Crippen LogP contribution in [-0.2, 0) is 16.8 Å². The van der Waals surface area contributed by atoms with Crippen molar-refractivity contribution in [3.05, 3.63) is 53.6 Å². The highest BCUT2D eigenvalue weighted by molar-refractivity contribution is 8.01. The van der Waals surface area contributed by atoms with E-state index < -0.39 is 28.8 Å². The van der Waals surface area contributed by atoms with Crippen LogP contribution in [0.5, 0.6) is 0 Å². The lowest BCUT2D eigenvalue weighted by Crippen LogP contribution is -2.54. The zero-order valence-electron chi connectivity index (χ0n) is 17.2. The van der Waals surface area contributed by atoms with Crippen LogP contribution < -0.4 is 4.90 Å². The number of benzene rings is 2. The Bertz CT molecular complexity index is 1030. The van der Waals surface area contributed by atoms with Crippen LogP contribution in [-0.4, -0.2) is 40.4 Å². The van der Waals surface area contributed by atoms with E-state index in [1.165, 1.54) is 16.7 Å². The lowest BCUT2D eigenvalue weighted by molar-refractivity contribution is -0.376. The minimum Gasteiger partial charge on any atom is -0.369 e. The number of hydrogen-bond acceptors (Lipinski definition) is 4. The van der Waals surface area contributed by atoms with Gasteiger partial charge in [-0.15, -0.1) is 23.5 Å². The standard InChI is InChI=1S/C22H19F6NO2S2/c1-2-14-11-29(19(30)18-9-12-5-3-4-6-16(12)33-18)15-8-7-13(10-17(15)32-14)20(31,21(23,24)25)22(26,27)28/h3-8,10,14,18,31H,2,9,11H2,1H3/t14-,18?/m0/s1. The number of thioether (sulfide) groups is 2. The van der Waals surface area contributed by atoms with Gasteiger partial charge in [0.25, 0.3) is 5.60 Å². The molecule has 1 N–H and O–H groups in total. The summed E-state index contributed by atoms with van der Waals surface area (Å²) < 4.78 is 80.1. The first-order chi connectivity index (χ1) is 15.4. The van der Waals surface area contributed by atoms with Gasteiger partial charge in [0.15, 0.2) is 0 Å². The number of rotatable bonds is 3. The number of amides is 1. The normalized spacial score (nSPS) is 21.0. The Morgan fingerprint density at radius 3 is 2.30 bits per heavy atom. The van der Waals surface area contributed by atoms with E-state index in [-0.39, 0.29) is 21.7 Å². The van der Waals surface area contributed by atoms with Crippen molar-refractivity contribution in [3.8, 4) is 0 Å². The molecule has 2 heterocycles. The maximum Gasteiger partial charge on any atom is 0.430 e. The minimum absolute atomic E-state index is 0.103. The third-order valence-corrected chi connectivity index (χ3v) is 8.51. The van der Waals surface area contributed by atoms with E-state index >= 15 is 0 Å². The molecule has 1 amide bonds. The molecular weight excluding hydrogens is 488 g/mol. The summed E-state index contributed by atoms with van der Waals surface area (Å²) >= 11 is 2.51. The molecule has 0 fully saturated rings. The van der Waals surface area contributed by atoms with Crippen molar-refractivity contribution < 1.29 is 36.2 Å². The Morgan fingerprint density at radius 2 is 1.70 bits per heavy atom. The monoisotopic (exact) mass is 507 g/mol. The van der Waals surface area contributed by atoms with E-state index in [9.17, 15) is 36.2 Å². The largest absolute Gasteiger partial charge is 0.430 e. The molecule has 0 bridgehead atoms. The van der Waals surface area contributed by atoms with Crippen molar-refractivity contribution >= 4 is 35.1 Å². The van der Waals surface area contributed by atoms with Crippen molar-refractivity contribution in [3.63, 3.8) is 0 Å². The Balaban J connectivity index is 1.71. The second kappa shape index (κ2) is 8.42. The highest BCUT2D eigenvalue weighted by Gasteiger charge is 2.71. The quantitative estimate of drug-likeness (QED) is 0.523. The van der Waals surface area contributed by atoms with Crippen molar-refractivity contribution in [2.24, 2.45) is 0 Å². The Labute approximate surface area is 194 Å². The zero-order valence-corrected chi connectivity index (χ0v) is 18.8. The van der Waals surface area contributed by atoms with Gasteiger partial charge in [0, 0.05) is 27.1 Å². The molecule has 0 saturated carbocycles. The highest BCUT2D eigenvalue weighted by atomic mass is 32.2. The first-order valence-electron chi connectivity index (χ1n) is 10.1.